The molecule has 24 heavy (non-hydrogen) atoms. The second kappa shape index (κ2) is 8.54. The summed E-state index contributed by atoms with van der Waals surface area (Å²) in [5.41, 5.74) is 1.01. The van der Waals surface area contributed by atoms with Gasteiger partial charge in [-0.2, -0.15) is 0 Å². The van der Waals surface area contributed by atoms with Gasteiger partial charge < -0.3 is 24.2 Å². The van der Waals surface area contributed by atoms with Gasteiger partial charge in [0.1, 0.15) is 6.54 Å². The Balaban J connectivity index is 2.03. The number of aryl methyl sites for hydroxylation is 1. The van der Waals surface area contributed by atoms with E-state index in [0.717, 1.165) is 5.56 Å². The van der Waals surface area contributed by atoms with Crippen LogP contribution >= 0.6 is 0 Å². The zero-order chi connectivity index (χ0) is 17.5. The molecule has 0 saturated carbocycles. The van der Waals surface area contributed by atoms with Crippen LogP contribution in [-0.2, 0) is 14.3 Å². The van der Waals surface area contributed by atoms with Gasteiger partial charge in [0.2, 0.25) is 0 Å². The van der Waals surface area contributed by atoms with Crippen LogP contribution in [0, 0.1) is 6.92 Å². The lowest BCUT2D eigenvalue weighted by molar-refractivity contribution is -0.148. The summed E-state index contributed by atoms with van der Waals surface area (Å²) >= 11 is 0. The van der Waals surface area contributed by atoms with Gasteiger partial charge in [0.25, 0.3) is 5.91 Å². The molecule has 7 heteroatoms. The minimum absolute atomic E-state index is 0.133. The first-order chi connectivity index (χ1) is 11.5. The van der Waals surface area contributed by atoms with Crippen molar-refractivity contribution in [3.05, 3.63) is 23.8 Å². The predicted octanol–water partition coefficient (Wildman–Crippen LogP) is 1.47. The smallest absolute Gasteiger partial charge is 0.323 e. The fourth-order valence-electron chi connectivity index (χ4n) is 2.68. The number of amides is 1. The Morgan fingerprint density at radius 2 is 2.00 bits per heavy atom. The number of carboxylic acids is 1. The molecular weight excluding hydrogens is 314 g/mol. The topological polar surface area (TPSA) is 85.3 Å². The summed E-state index contributed by atoms with van der Waals surface area (Å²) in [6.07, 6.45) is 1.26. The molecule has 0 bridgehead atoms. The number of benzene rings is 1. The summed E-state index contributed by atoms with van der Waals surface area (Å²) in [7, 11) is 1.53. The van der Waals surface area contributed by atoms with Crippen LogP contribution in [-0.4, -0.2) is 61.4 Å². The molecule has 2 rings (SSSR count). The Kier molecular flexibility index (Phi) is 6.43. The van der Waals surface area contributed by atoms with Crippen LogP contribution in [0.3, 0.4) is 0 Å². The van der Waals surface area contributed by atoms with E-state index < -0.39 is 5.97 Å². The number of hydrogen-bond acceptors (Lipinski definition) is 5. The molecule has 1 saturated heterocycles. The van der Waals surface area contributed by atoms with Crippen molar-refractivity contribution in [3.63, 3.8) is 0 Å². The molecule has 1 aromatic rings. The van der Waals surface area contributed by atoms with Crippen LogP contribution in [0.2, 0.25) is 0 Å². The van der Waals surface area contributed by atoms with E-state index in [1.54, 1.807) is 6.07 Å². The van der Waals surface area contributed by atoms with Gasteiger partial charge >= 0.3 is 5.97 Å². The lowest BCUT2D eigenvalue weighted by Gasteiger charge is -2.33. The molecule has 0 aromatic heterocycles. The molecule has 1 aliphatic heterocycles. The summed E-state index contributed by atoms with van der Waals surface area (Å²) in [6, 6.07) is 5.27. The quantitative estimate of drug-likeness (QED) is 0.811. The molecule has 1 amide bonds. The Hall–Kier alpha value is -2.28. The summed E-state index contributed by atoms with van der Waals surface area (Å²) in [6.45, 7) is 2.42. The van der Waals surface area contributed by atoms with Gasteiger partial charge in [0, 0.05) is 19.3 Å². The van der Waals surface area contributed by atoms with Crippen LogP contribution in [0.15, 0.2) is 18.2 Å². The fraction of sp³-hybridized carbons (Fsp3) is 0.529. The zero-order valence-electron chi connectivity index (χ0n) is 14.0. The first-order valence-corrected chi connectivity index (χ1v) is 7.87. The van der Waals surface area contributed by atoms with Crippen molar-refractivity contribution in [2.45, 2.75) is 25.8 Å². The predicted molar refractivity (Wildman–Crippen MR) is 86.4 cm³/mol. The van der Waals surface area contributed by atoms with E-state index in [0.29, 0.717) is 37.6 Å². The van der Waals surface area contributed by atoms with Gasteiger partial charge in [-0.15, -0.1) is 0 Å². The highest BCUT2D eigenvalue weighted by Crippen LogP contribution is 2.27. The lowest BCUT2D eigenvalue weighted by Crippen LogP contribution is -2.47. The number of ether oxygens (including phenoxy) is 3. The average molecular weight is 337 g/mol. The number of carboxylic acid groups (broad SMARTS) is 1. The summed E-state index contributed by atoms with van der Waals surface area (Å²) in [4.78, 5) is 24.9. The van der Waals surface area contributed by atoms with Gasteiger partial charge in [0.15, 0.2) is 18.1 Å². The Bertz CT molecular complexity index is 582. The Morgan fingerprint density at radius 1 is 1.29 bits per heavy atom. The van der Waals surface area contributed by atoms with E-state index in [4.69, 9.17) is 19.3 Å². The minimum atomic E-state index is -1.04. The van der Waals surface area contributed by atoms with Crippen molar-refractivity contribution in [1.29, 1.82) is 0 Å². The Morgan fingerprint density at radius 3 is 2.62 bits per heavy atom. The van der Waals surface area contributed by atoms with Crippen molar-refractivity contribution in [2.24, 2.45) is 0 Å². The molecule has 132 valence electrons. The number of nitrogens with zero attached hydrogens (tertiary/aromatic N) is 1. The SMILES string of the molecule is COc1cc(C)ccc1OCC(=O)N(CC(=O)O)C1CCOCC1. The highest BCUT2D eigenvalue weighted by molar-refractivity contribution is 5.82. The average Bonchev–Trinajstić information content (AvgIpc) is 2.58. The van der Waals surface area contributed by atoms with E-state index in [1.165, 1.54) is 12.0 Å². The number of carbonyl (C=O) groups excluding carboxylic acids is 1. The number of rotatable bonds is 7. The number of aliphatic carboxylic acids is 1. The Labute approximate surface area is 141 Å². The second-order valence-electron chi connectivity index (χ2n) is 5.70. The van der Waals surface area contributed by atoms with Crippen molar-refractivity contribution in [3.8, 4) is 11.5 Å². The van der Waals surface area contributed by atoms with Crippen molar-refractivity contribution in [1.82, 2.24) is 4.90 Å². The number of methoxy groups -OCH3 is 1. The van der Waals surface area contributed by atoms with E-state index in [9.17, 15) is 9.59 Å². The third-order valence-electron chi connectivity index (χ3n) is 3.93. The molecular formula is C17H23NO6. The van der Waals surface area contributed by atoms with Gasteiger partial charge in [-0.25, -0.2) is 0 Å². The maximum atomic E-state index is 12.5. The first kappa shape index (κ1) is 18.1. The molecule has 0 aliphatic carbocycles. The van der Waals surface area contributed by atoms with Crippen molar-refractivity contribution >= 4 is 11.9 Å². The summed E-state index contributed by atoms with van der Waals surface area (Å²) in [5.74, 6) is -0.396. The third-order valence-corrected chi connectivity index (χ3v) is 3.93. The fourth-order valence-corrected chi connectivity index (χ4v) is 2.68. The minimum Gasteiger partial charge on any atom is -0.493 e. The van der Waals surface area contributed by atoms with Crippen LogP contribution in [0.1, 0.15) is 18.4 Å². The van der Waals surface area contributed by atoms with E-state index in [-0.39, 0.29) is 25.1 Å². The van der Waals surface area contributed by atoms with Gasteiger partial charge in [0.05, 0.1) is 7.11 Å². The second-order valence-corrected chi connectivity index (χ2v) is 5.70. The highest BCUT2D eigenvalue weighted by Gasteiger charge is 2.28. The number of carbonyl (C=O) groups is 2. The van der Waals surface area contributed by atoms with Gasteiger partial charge in [-0.05, 0) is 37.5 Å². The molecule has 1 N–H and O–H groups in total. The summed E-state index contributed by atoms with van der Waals surface area (Å²) < 4.78 is 16.1. The standard InChI is InChI=1S/C17H23NO6/c1-12-3-4-14(15(9-12)22-2)24-11-16(19)18(10-17(20)21)13-5-7-23-8-6-13/h3-4,9,13H,5-8,10-11H2,1-2H3,(H,20,21). The first-order valence-electron chi connectivity index (χ1n) is 7.87. The maximum Gasteiger partial charge on any atom is 0.323 e. The third kappa shape index (κ3) is 4.86. The van der Waals surface area contributed by atoms with E-state index in [2.05, 4.69) is 0 Å². The molecule has 0 unspecified atom stereocenters. The largest absolute Gasteiger partial charge is 0.493 e. The van der Waals surface area contributed by atoms with Gasteiger partial charge in [-0.1, -0.05) is 6.07 Å². The molecule has 0 spiro atoms. The molecule has 0 radical (unpaired) electrons. The monoisotopic (exact) mass is 337 g/mol. The maximum absolute atomic E-state index is 12.5. The molecule has 1 aliphatic rings. The lowest BCUT2D eigenvalue weighted by atomic mass is 10.1. The van der Waals surface area contributed by atoms with E-state index >= 15 is 0 Å². The zero-order valence-corrected chi connectivity index (χ0v) is 14.0. The molecule has 1 fully saturated rings. The number of hydrogen-bond donors (Lipinski definition) is 1. The highest BCUT2D eigenvalue weighted by atomic mass is 16.5. The molecule has 1 aromatic carbocycles. The van der Waals surface area contributed by atoms with Crippen LogP contribution in [0.5, 0.6) is 11.5 Å². The molecule has 7 nitrogen and oxygen atoms in total. The van der Waals surface area contributed by atoms with Crippen molar-refractivity contribution in [2.75, 3.05) is 33.5 Å². The molecule has 1 heterocycles. The molecule has 0 atom stereocenters. The van der Waals surface area contributed by atoms with E-state index in [1.807, 2.05) is 19.1 Å². The van der Waals surface area contributed by atoms with Crippen LogP contribution in [0.4, 0.5) is 0 Å². The summed E-state index contributed by atoms with van der Waals surface area (Å²) in [5, 5.41) is 9.08. The normalized spacial score (nSPS) is 14.9. The van der Waals surface area contributed by atoms with Crippen LogP contribution in [0.25, 0.3) is 0 Å². The van der Waals surface area contributed by atoms with Gasteiger partial charge in [-0.3, -0.25) is 9.59 Å². The van der Waals surface area contributed by atoms with Crippen molar-refractivity contribution < 1.29 is 28.9 Å². The van der Waals surface area contributed by atoms with Crippen LogP contribution < -0.4 is 9.47 Å².